The van der Waals surface area contributed by atoms with Gasteiger partial charge in [-0.3, -0.25) is 0 Å². The molecular formula is C15H14ClF5O4. The molecule has 0 saturated carbocycles. The van der Waals surface area contributed by atoms with Crippen LogP contribution in [-0.4, -0.2) is 36.1 Å². The van der Waals surface area contributed by atoms with Gasteiger partial charge in [0.15, 0.2) is 23.3 Å². The van der Waals surface area contributed by atoms with Crippen molar-refractivity contribution in [3.05, 3.63) is 28.3 Å². The molecular weight excluding hydrogens is 375 g/mol. The Morgan fingerprint density at radius 3 is 2.36 bits per heavy atom. The molecule has 4 atom stereocenters. The maximum atomic E-state index is 14.1. The Morgan fingerprint density at radius 1 is 1.36 bits per heavy atom. The predicted molar refractivity (Wildman–Crippen MR) is 76.8 cm³/mol. The Kier molecular flexibility index (Phi) is 4.95. The maximum absolute atomic E-state index is 14.1. The van der Waals surface area contributed by atoms with Crippen LogP contribution in [0.2, 0.25) is 5.02 Å². The second-order valence-electron chi connectivity index (χ2n) is 5.90. The summed E-state index contributed by atoms with van der Waals surface area (Å²) < 4.78 is 77.5. The van der Waals surface area contributed by atoms with Crippen LogP contribution in [0.5, 0.6) is 5.75 Å². The van der Waals surface area contributed by atoms with E-state index in [4.69, 9.17) is 21.1 Å². The minimum atomic E-state index is -4.88. The number of methoxy groups -OCH3 is 1. The van der Waals surface area contributed by atoms with Gasteiger partial charge in [0, 0.05) is 17.4 Å². The van der Waals surface area contributed by atoms with Crippen molar-refractivity contribution in [1.82, 2.24) is 0 Å². The molecule has 0 spiro atoms. The summed E-state index contributed by atoms with van der Waals surface area (Å²) >= 11 is 5.58. The summed E-state index contributed by atoms with van der Waals surface area (Å²) in [6.45, 7) is 1.83. The first-order chi connectivity index (χ1) is 11.4. The summed E-state index contributed by atoms with van der Waals surface area (Å²) in [5.74, 6) is -8.25. The summed E-state index contributed by atoms with van der Waals surface area (Å²) in [5.41, 5.74) is -3.11. The molecule has 0 bridgehead atoms. The van der Waals surface area contributed by atoms with Crippen LogP contribution in [0.3, 0.4) is 0 Å². The molecule has 0 radical (unpaired) electrons. The molecule has 1 aliphatic heterocycles. The van der Waals surface area contributed by atoms with E-state index in [-0.39, 0.29) is 5.56 Å². The van der Waals surface area contributed by atoms with Gasteiger partial charge in [0.2, 0.25) is 5.82 Å². The van der Waals surface area contributed by atoms with Crippen molar-refractivity contribution in [3.63, 3.8) is 0 Å². The number of carboxylic acids is 1. The number of carbonyl (C=O) groups is 1. The lowest BCUT2D eigenvalue weighted by molar-refractivity contribution is -0.273. The quantitative estimate of drug-likeness (QED) is 0.624. The van der Waals surface area contributed by atoms with Gasteiger partial charge in [-0.15, -0.1) is 0 Å². The fraction of sp³-hybridized carbons (Fsp3) is 0.533. The fourth-order valence-electron chi connectivity index (χ4n) is 3.06. The summed E-state index contributed by atoms with van der Waals surface area (Å²) in [7, 11) is 0.981. The molecule has 140 valence electrons. The molecule has 0 aliphatic carbocycles. The smallest absolute Gasteiger partial charge is 0.417 e. The van der Waals surface area contributed by atoms with E-state index in [2.05, 4.69) is 0 Å². The van der Waals surface area contributed by atoms with Gasteiger partial charge >= 0.3 is 12.1 Å². The van der Waals surface area contributed by atoms with Gasteiger partial charge < -0.3 is 14.6 Å². The standard InChI is InChI=1S/C15H14ClF5O4/c1-5-8(6-4-7(16)9(17)10(18)11(6)24-3)12(13(22)23)25-14(5,2)15(19,20)21/h4-5,8,12H,1-3H3,(H,22,23)/t5-,8-,12-,14+/m0/s1. The van der Waals surface area contributed by atoms with Crippen LogP contribution in [0.25, 0.3) is 0 Å². The second kappa shape index (κ2) is 6.28. The minimum absolute atomic E-state index is 0.306. The van der Waals surface area contributed by atoms with E-state index in [9.17, 15) is 31.9 Å². The van der Waals surface area contributed by atoms with Crippen LogP contribution in [0.4, 0.5) is 22.0 Å². The SMILES string of the molecule is COc1c([C@H]2[C@@H](C(=O)O)O[C@@](C)(C(F)(F)F)[C@H]2C)cc(Cl)c(F)c1F. The van der Waals surface area contributed by atoms with Crippen molar-refractivity contribution in [2.45, 2.75) is 37.6 Å². The third kappa shape index (κ3) is 2.93. The number of ether oxygens (including phenoxy) is 2. The Bertz CT molecular complexity index is 708. The third-order valence-corrected chi connectivity index (χ3v) is 4.90. The number of aliphatic carboxylic acids is 1. The van der Waals surface area contributed by atoms with E-state index in [1.54, 1.807) is 0 Å². The zero-order valence-electron chi connectivity index (χ0n) is 13.2. The molecule has 0 amide bonds. The monoisotopic (exact) mass is 388 g/mol. The van der Waals surface area contributed by atoms with Crippen molar-refractivity contribution in [3.8, 4) is 5.75 Å². The van der Waals surface area contributed by atoms with Crippen LogP contribution >= 0.6 is 11.6 Å². The van der Waals surface area contributed by atoms with Crippen LogP contribution in [0.1, 0.15) is 25.3 Å². The number of hydrogen-bond donors (Lipinski definition) is 1. The molecule has 0 unspecified atom stereocenters. The first-order valence-electron chi connectivity index (χ1n) is 7.05. The third-order valence-electron chi connectivity index (χ3n) is 4.62. The molecule has 1 N–H and O–H groups in total. The topological polar surface area (TPSA) is 55.8 Å². The van der Waals surface area contributed by atoms with E-state index < -0.39 is 58.1 Å². The van der Waals surface area contributed by atoms with E-state index in [1.165, 1.54) is 0 Å². The number of benzene rings is 1. The predicted octanol–water partition coefficient (Wildman–Crippen LogP) is 4.15. The molecule has 1 aromatic carbocycles. The van der Waals surface area contributed by atoms with Crippen LogP contribution in [0, 0.1) is 17.6 Å². The number of hydrogen-bond acceptors (Lipinski definition) is 3. The fourth-order valence-corrected chi connectivity index (χ4v) is 3.26. The van der Waals surface area contributed by atoms with E-state index in [0.29, 0.717) is 6.92 Å². The molecule has 1 saturated heterocycles. The molecule has 10 heteroatoms. The highest BCUT2D eigenvalue weighted by Crippen LogP contribution is 2.55. The highest BCUT2D eigenvalue weighted by molar-refractivity contribution is 6.30. The van der Waals surface area contributed by atoms with Gasteiger partial charge in [0.1, 0.15) is 0 Å². The molecule has 1 heterocycles. The number of alkyl halides is 3. The highest BCUT2D eigenvalue weighted by Gasteiger charge is 2.66. The lowest BCUT2D eigenvalue weighted by Gasteiger charge is -2.32. The van der Waals surface area contributed by atoms with Crippen LogP contribution < -0.4 is 4.74 Å². The Morgan fingerprint density at radius 2 is 1.92 bits per heavy atom. The van der Waals surface area contributed by atoms with Crippen molar-refractivity contribution < 1.29 is 41.3 Å². The number of carboxylic acid groups (broad SMARTS) is 1. The van der Waals surface area contributed by atoms with Gasteiger partial charge in [-0.2, -0.15) is 17.6 Å². The van der Waals surface area contributed by atoms with Crippen molar-refractivity contribution in [2.75, 3.05) is 7.11 Å². The zero-order chi connectivity index (χ0) is 19.3. The highest BCUT2D eigenvalue weighted by atomic mass is 35.5. The first kappa shape index (κ1) is 19.7. The summed E-state index contributed by atoms with van der Waals surface area (Å²) in [5, 5.41) is 8.58. The minimum Gasteiger partial charge on any atom is -0.493 e. The summed E-state index contributed by atoms with van der Waals surface area (Å²) in [6.07, 6.45) is -6.83. The average molecular weight is 389 g/mol. The maximum Gasteiger partial charge on any atom is 0.417 e. The van der Waals surface area contributed by atoms with Gasteiger partial charge in [-0.05, 0) is 13.0 Å². The molecule has 1 fully saturated rings. The van der Waals surface area contributed by atoms with Gasteiger partial charge in [0.25, 0.3) is 0 Å². The number of halogens is 6. The lowest BCUT2D eigenvalue weighted by Crippen LogP contribution is -2.47. The molecule has 25 heavy (non-hydrogen) atoms. The van der Waals surface area contributed by atoms with E-state index >= 15 is 0 Å². The van der Waals surface area contributed by atoms with Crippen LogP contribution in [-0.2, 0) is 9.53 Å². The average Bonchev–Trinajstić information content (AvgIpc) is 2.78. The normalized spacial score (nSPS) is 29.7. The largest absolute Gasteiger partial charge is 0.493 e. The van der Waals surface area contributed by atoms with Crippen molar-refractivity contribution in [1.29, 1.82) is 0 Å². The van der Waals surface area contributed by atoms with Gasteiger partial charge in [0.05, 0.1) is 12.1 Å². The molecule has 4 nitrogen and oxygen atoms in total. The molecule has 0 aromatic heterocycles. The Balaban J connectivity index is 2.70. The summed E-state index contributed by atoms with van der Waals surface area (Å²) in [4.78, 5) is 11.4. The second-order valence-corrected chi connectivity index (χ2v) is 6.31. The zero-order valence-corrected chi connectivity index (χ0v) is 14.0. The van der Waals surface area contributed by atoms with Crippen LogP contribution in [0.15, 0.2) is 6.07 Å². The van der Waals surface area contributed by atoms with Gasteiger partial charge in [-0.1, -0.05) is 18.5 Å². The van der Waals surface area contributed by atoms with Crippen molar-refractivity contribution in [2.24, 2.45) is 5.92 Å². The van der Waals surface area contributed by atoms with E-state index in [1.807, 2.05) is 0 Å². The Hall–Kier alpha value is -1.61. The Labute approximate surface area is 144 Å². The van der Waals surface area contributed by atoms with Gasteiger partial charge in [-0.25, -0.2) is 9.18 Å². The molecule has 1 aromatic rings. The molecule has 1 aliphatic rings. The van der Waals surface area contributed by atoms with Crippen molar-refractivity contribution >= 4 is 17.6 Å². The number of rotatable bonds is 3. The first-order valence-corrected chi connectivity index (χ1v) is 7.43. The summed E-state index contributed by atoms with van der Waals surface area (Å²) in [6, 6.07) is 0.862. The molecule has 2 rings (SSSR count). The van der Waals surface area contributed by atoms with E-state index in [0.717, 1.165) is 20.1 Å². The lowest BCUT2D eigenvalue weighted by atomic mass is 9.77.